The van der Waals surface area contributed by atoms with Crippen molar-refractivity contribution in [2.75, 3.05) is 11.1 Å². The smallest absolute Gasteiger partial charge is 0.227 e. The number of benzene rings is 1. The number of rotatable bonds is 6. The predicted octanol–water partition coefficient (Wildman–Crippen LogP) is 4.82. The number of hydrogen-bond acceptors (Lipinski definition) is 6. The first-order valence-electron chi connectivity index (χ1n) is 7.62. The first-order valence-corrected chi connectivity index (χ1v) is 8.61. The minimum absolute atomic E-state index is 0.284. The van der Waals surface area contributed by atoms with E-state index >= 15 is 0 Å². The Morgan fingerprint density at radius 2 is 2.00 bits per heavy atom. The Kier molecular flexibility index (Phi) is 5.10. The summed E-state index contributed by atoms with van der Waals surface area (Å²) in [5, 5.41) is 8.02. The van der Waals surface area contributed by atoms with Crippen LogP contribution in [0.5, 0.6) is 0 Å². The molecule has 1 aromatic carbocycles. The molecule has 7 heteroatoms. The number of nitrogens with one attached hydrogen (secondary N) is 1. The molecule has 24 heavy (non-hydrogen) atoms. The van der Waals surface area contributed by atoms with E-state index in [0.717, 1.165) is 39.9 Å². The number of thioether (sulfide) groups is 1. The van der Waals surface area contributed by atoms with Gasteiger partial charge in [-0.15, -0.1) is 11.8 Å². The molecule has 0 atom stereocenters. The van der Waals surface area contributed by atoms with Gasteiger partial charge in [0, 0.05) is 11.9 Å². The van der Waals surface area contributed by atoms with Crippen LogP contribution in [0.4, 0.5) is 16.0 Å². The van der Waals surface area contributed by atoms with Crippen LogP contribution in [0.15, 0.2) is 46.1 Å². The van der Waals surface area contributed by atoms with Crippen LogP contribution in [0.3, 0.4) is 0 Å². The van der Waals surface area contributed by atoms with E-state index in [9.17, 15) is 4.39 Å². The Bertz CT molecular complexity index is 820. The Labute approximate surface area is 143 Å². The summed E-state index contributed by atoms with van der Waals surface area (Å²) >= 11 is 1.65. The molecule has 0 aliphatic carbocycles. The van der Waals surface area contributed by atoms with Gasteiger partial charge in [-0.3, -0.25) is 0 Å². The van der Waals surface area contributed by atoms with Crippen molar-refractivity contribution in [3.05, 3.63) is 48.1 Å². The van der Waals surface area contributed by atoms with Crippen molar-refractivity contribution in [1.82, 2.24) is 15.1 Å². The van der Waals surface area contributed by atoms with Crippen molar-refractivity contribution >= 4 is 23.4 Å². The molecule has 0 amide bonds. The highest BCUT2D eigenvalue weighted by molar-refractivity contribution is 7.99. The van der Waals surface area contributed by atoms with Gasteiger partial charge in [0.15, 0.2) is 0 Å². The topological polar surface area (TPSA) is 63.8 Å². The molecule has 5 nitrogen and oxygen atoms in total. The Balaban J connectivity index is 1.88. The van der Waals surface area contributed by atoms with Gasteiger partial charge >= 0.3 is 0 Å². The molecule has 0 fully saturated rings. The van der Waals surface area contributed by atoms with Crippen LogP contribution in [0.25, 0.3) is 11.3 Å². The van der Waals surface area contributed by atoms with Crippen LogP contribution >= 0.6 is 11.8 Å². The van der Waals surface area contributed by atoms with E-state index < -0.39 is 0 Å². The molecule has 0 unspecified atom stereocenters. The Morgan fingerprint density at radius 1 is 1.21 bits per heavy atom. The molecule has 1 N–H and O–H groups in total. The fraction of sp³-hybridized carbons (Fsp3) is 0.235. The lowest BCUT2D eigenvalue weighted by Gasteiger charge is -2.07. The van der Waals surface area contributed by atoms with E-state index in [0.29, 0.717) is 5.95 Å². The number of halogens is 1. The molecule has 124 valence electrons. The van der Waals surface area contributed by atoms with Crippen molar-refractivity contribution in [2.24, 2.45) is 0 Å². The predicted molar refractivity (Wildman–Crippen MR) is 93.0 cm³/mol. The van der Waals surface area contributed by atoms with E-state index in [1.54, 1.807) is 30.1 Å². The molecule has 3 rings (SSSR count). The fourth-order valence-electron chi connectivity index (χ4n) is 2.16. The van der Waals surface area contributed by atoms with Crippen molar-refractivity contribution in [2.45, 2.75) is 25.3 Å². The van der Waals surface area contributed by atoms with Gasteiger partial charge in [0.05, 0.1) is 11.3 Å². The average molecular weight is 344 g/mol. The van der Waals surface area contributed by atoms with Crippen LogP contribution in [0.1, 0.15) is 19.1 Å². The fourth-order valence-corrected chi connectivity index (χ4v) is 3.04. The summed E-state index contributed by atoms with van der Waals surface area (Å²) in [6.07, 6.45) is 2.73. The van der Waals surface area contributed by atoms with Gasteiger partial charge in [-0.25, -0.2) is 14.4 Å². The maximum Gasteiger partial charge on any atom is 0.227 e. The van der Waals surface area contributed by atoms with Crippen LogP contribution in [0, 0.1) is 12.7 Å². The molecule has 0 aliphatic heterocycles. The third kappa shape index (κ3) is 3.73. The minimum Gasteiger partial charge on any atom is -0.360 e. The molecule has 0 saturated carbocycles. The number of aryl methyl sites for hydroxylation is 1. The van der Waals surface area contributed by atoms with Crippen LogP contribution < -0.4 is 5.32 Å². The van der Waals surface area contributed by atoms with E-state index in [-0.39, 0.29) is 5.82 Å². The molecule has 0 bridgehead atoms. The maximum atomic E-state index is 13.0. The van der Waals surface area contributed by atoms with Gasteiger partial charge in [-0.05, 0) is 49.4 Å². The first-order chi connectivity index (χ1) is 11.7. The lowest BCUT2D eigenvalue weighted by Crippen LogP contribution is -1.98. The standard InChI is InChI=1S/C17H17FN4OS/c1-3-10-24-16-15(11(2)23-22-16)14-8-9-19-17(21-14)20-13-6-4-12(18)5-7-13/h4-9H,3,10H2,1-2H3,(H,19,20,21). The molecular formula is C17H17FN4OS. The minimum atomic E-state index is -0.284. The first kappa shape index (κ1) is 16.4. The third-order valence-corrected chi connectivity index (χ3v) is 4.45. The van der Waals surface area contributed by atoms with E-state index in [4.69, 9.17) is 4.52 Å². The van der Waals surface area contributed by atoms with Crippen LogP contribution in [-0.4, -0.2) is 20.9 Å². The van der Waals surface area contributed by atoms with Gasteiger partial charge in [0.1, 0.15) is 16.6 Å². The third-order valence-electron chi connectivity index (χ3n) is 3.29. The largest absolute Gasteiger partial charge is 0.360 e. The van der Waals surface area contributed by atoms with Gasteiger partial charge < -0.3 is 9.84 Å². The Hall–Kier alpha value is -2.41. The summed E-state index contributed by atoms with van der Waals surface area (Å²) in [6.45, 7) is 3.99. The van der Waals surface area contributed by atoms with Crippen molar-refractivity contribution in [3.63, 3.8) is 0 Å². The molecule has 0 saturated heterocycles. The molecule has 3 aromatic rings. The maximum absolute atomic E-state index is 13.0. The quantitative estimate of drug-likeness (QED) is 0.647. The van der Waals surface area contributed by atoms with Gasteiger partial charge in [-0.1, -0.05) is 12.1 Å². The molecular weight excluding hydrogens is 327 g/mol. The van der Waals surface area contributed by atoms with E-state index in [2.05, 4.69) is 27.4 Å². The summed E-state index contributed by atoms with van der Waals surface area (Å²) in [5.41, 5.74) is 2.35. The van der Waals surface area contributed by atoms with Crippen molar-refractivity contribution < 1.29 is 8.91 Å². The highest BCUT2D eigenvalue weighted by Crippen LogP contribution is 2.33. The summed E-state index contributed by atoms with van der Waals surface area (Å²) < 4.78 is 18.3. The van der Waals surface area contributed by atoms with Gasteiger partial charge in [-0.2, -0.15) is 0 Å². The molecule has 2 aromatic heterocycles. The number of aromatic nitrogens is 3. The highest BCUT2D eigenvalue weighted by Gasteiger charge is 2.17. The zero-order valence-electron chi connectivity index (χ0n) is 13.4. The zero-order valence-corrected chi connectivity index (χ0v) is 14.2. The zero-order chi connectivity index (χ0) is 16.9. The van der Waals surface area contributed by atoms with Crippen LogP contribution in [-0.2, 0) is 0 Å². The van der Waals surface area contributed by atoms with Crippen molar-refractivity contribution in [1.29, 1.82) is 0 Å². The molecule has 0 radical (unpaired) electrons. The molecule has 2 heterocycles. The van der Waals surface area contributed by atoms with E-state index in [1.165, 1.54) is 12.1 Å². The molecule has 0 aliphatic rings. The highest BCUT2D eigenvalue weighted by atomic mass is 32.2. The summed E-state index contributed by atoms with van der Waals surface area (Å²) in [6, 6.07) is 7.87. The van der Waals surface area contributed by atoms with Crippen molar-refractivity contribution in [3.8, 4) is 11.3 Å². The van der Waals surface area contributed by atoms with Gasteiger partial charge in [0.2, 0.25) is 5.95 Å². The monoisotopic (exact) mass is 344 g/mol. The second-order valence-corrected chi connectivity index (χ2v) is 6.25. The summed E-state index contributed by atoms with van der Waals surface area (Å²) in [4.78, 5) is 8.75. The summed E-state index contributed by atoms with van der Waals surface area (Å²) in [5.74, 6) is 1.84. The molecule has 0 spiro atoms. The Morgan fingerprint density at radius 3 is 2.75 bits per heavy atom. The second-order valence-electron chi connectivity index (χ2n) is 5.16. The average Bonchev–Trinajstić information content (AvgIpc) is 2.96. The van der Waals surface area contributed by atoms with Gasteiger partial charge in [0.25, 0.3) is 0 Å². The normalized spacial score (nSPS) is 10.8. The lowest BCUT2D eigenvalue weighted by atomic mass is 10.2. The SMILES string of the molecule is CCCSc1noc(C)c1-c1ccnc(Nc2ccc(F)cc2)n1. The number of nitrogens with zero attached hydrogens (tertiary/aromatic N) is 3. The number of hydrogen-bond donors (Lipinski definition) is 1. The second kappa shape index (κ2) is 7.44. The summed E-state index contributed by atoms with van der Waals surface area (Å²) in [7, 11) is 0. The van der Waals surface area contributed by atoms with Crippen LogP contribution in [0.2, 0.25) is 0 Å². The lowest BCUT2D eigenvalue weighted by molar-refractivity contribution is 0.384. The van der Waals surface area contributed by atoms with E-state index in [1.807, 2.05) is 13.0 Å². The number of anilines is 2.